The van der Waals surface area contributed by atoms with Crippen molar-refractivity contribution >= 4 is 42.0 Å². The minimum absolute atomic E-state index is 0.293. The van der Waals surface area contributed by atoms with Gasteiger partial charge < -0.3 is 5.11 Å². The van der Waals surface area contributed by atoms with Crippen molar-refractivity contribution in [2.24, 2.45) is 0 Å². The maximum Gasteiger partial charge on any atom is 0.522 e. The van der Waals surface area contributed by atoms with Gasteiger partial charge in [0, 0.05) is 20.1 Å². The molecule has 9 rings (SSSR count). The molecule has 0 amide bonds. The first kappa shape index (κ1) is 38.4. The molecule has 7 aromatic carbocycles. The summed E-state index contributed by atoms with van der Waals surface area (Å²) in [5, 5.41) is 11.6. The molecule has 0 aliphatic heterocycles. The fourth-order valence-electron chi connectivity index (χ4n) is 7.67. The largest absolute Gasteiger partial charge is 0.522 e. The van der Waals surface area contributed by atoms with Gasteiger partial charge in [-0.1, -0.05) is 184 Å². The Morgan fingerprint density at radius 1 is 0.455 bits per heavy atom. The van der Waals surface area contributed by atoms with Crippen molar-refractivity contribution in [1.29, 1.82) is 0 Å². The second-order valence-corrected chi connectivity index (χ2v) is 16.2. The first-order valence-corrected chi connectivity index (χ1v) is 20.0. The van der Waals surface area contributed by atoms with Gasteiger partial charge in [0.05, 0.1) is 5.41 Å². The summed E-state index contributed by atoms with van der Waals surface area (Å²) in [4.78, 5) is 0. The van der Waals surface area contributed by atoms with Crippen molar-refractivity contribution in [1.82, 2.24) is 0 Å². The van der Waals surface area contributed by atoms with E-state index < -0.39 is 21.2 Å². The normalized spacial score (nSPS) is 14.2. The highest BCUT2D eigenvalue weighted by Crippen LogP contribution is 2.56. The predicted molar refractivity (Wildman–Crippen MR) is 217 cm³/mol. The summed E-state index contributed by atoms with van der Waals surface area (Å²) < 4.78 is 59.6. The molecule has 7 aromatic rings. The van der Waals surface area contributed by atoms with Crippen LogP contribution >= 0.6 is 31.9 Å². The summed E-state index contributed by atoms with van der Waals surface area (Å²) in [6.45, 7) is 0. The molecule has 55 heavy (non-hydrogen) atoms. The Morgan fingerprint density at radius 3 is 1.20 bits per heavy atom. The SMILES string of the molecule is Brc1cccc(C2(c3ccccc3)c3ccccc3-c3ccccc32)c1.O=S(=O)(O)C(F)(F)F.OC1(c2cccc(Br)c2)c2ccccc2-c2ccccc21. The fraction of sp³-hybridized carbons (Fsp3) is 0.0667. The molecule has 4 nitrogen and oxygen atoms in total. The van der Waals surface area contributed by atoms with Gasteiger partial charge in [-0.05, 0) is 74.3 Å². The molecule has 2 N–H and O–H groups in total. The Hall–Kier alpha value is -4.84. The monoisotopic (exact) mass is 882 g/mol. The molecule has 0 saturated carbocycles. The molecule has 0 unspecified atom stereocenters. The van der Waals surface area contributed by atoms with Gasteiger partial charge >= 0.3 is 15.6 Å². The molecular weight excluding hydrogens is 853 g/mol. The quantitative estimate of drug-likeness (QED) is 0.137. The van der Waals surface area contributed by atoms with Crippen LogP contribution in [0, 0.1) is 0 Å². The lowest BCUT2D eigenvalue weighted by Crippen LogP contribution is -2.28. The number of alkyl halides is 3. The molecule has 2 aliphatic rings. The Morgan fingerprint density at radius 2 is 0.782 bits per heavy atom. The van der Waals surface area contributed by atoms with Crippen LogP contribution in [-0.2, 0) is 21.1 Å². The smallest absolute Gasteiger partial charge is 0.376 e. The van der Waals surface area contributed by atoms with Gasteiger partial charge in [-0.3, -0.25) is 4.55 Å². The molecule has 2 aliphatic carbocycles. The van der Waals surface area contributed by atoms with Gasteiger partial charge in [-0.25, -0.2) is 0 Å². The van der Waals surface area contributed by atoms with E-state index in [-0.39, 0.29) is 5.41 Å². The van der Waals surface area contributed by atoms with E-state index in [4.69, 9.17) is 13.0 Å². The van der Waals surface area contributed by atoms with E-state index in [9.17, 15) is 18.3 Å². The molecule has 0 bridgehead atoms. The van der Waals surface area contributed by atoms with E-state index in [0.717, 1.165) is 36.8 Å². The highest BCUT2D eigenvalue weighted by molar-refractivity contribution is 9.10. The molecule has 0 aromatic heterocycles. The van der Waals surface area contributed by atoms with Crippen molar-refractivity contribution in [3.05, 3.63) is 224 Å². The molecule has 0 heterocycles. The average Bonchev–Trinajstić information content (AvgIpc) is 3.63. The number of fused-ring (bicyclic) bond motifs is 6. The summed E-state index contributed by atoms with van der Waals surface area (Å²) in [6.07, 6.45) is 0. The third kappa shape index (κ3) is 6.87. The summed E-state index contributed by atoms with van der Waals surface area (Å²) in [5.41, 5.74) is 6.03. The van der Waals surface area contributed by atoms with E-state index >= 15 is 0 Å². The minimum Gasteiger partial charge on any atom is -0.376 e. The average molecular weight is 885 g/mol. The van der Waals surface area contributed by atoms with Crippen molar-refractivity contribution in [3.63, 3.8) is 0 Å². The van der Waals surface area contributed by atoms with Gasteiger partial charge in [0.1, 0.15) is 5.60 Å². The maximum atomic E-state index is 11.6. The van der Waals surface area contributed by atoms with Crippen LogP contribution in [0.15, 0.2) is 185 Å². The highest BCUT2D eigenvalue weighted by atomic mass is 79.9. The van der Waals surface area contributed by atoms with Gasteiger partial charge in [0.2, 0.25) is 0 Å². The van der Waals surface area contributed by atoms with Crippen LogP contribution in [0.3, 0.4) is 0 Å². The summed E-state index contributed by atoms with van der Waals surface area (Å²) in [7, 11) is -5.84. The van der Waals surface area contributed by atoms with E-state index in [2.05, 4.69) is 147 Å². The van der Waals surface area contributed by atoms with Crippen LogP contribution in [0.5, 0.6) is 0 Å². The van der Waals surface area contributed by atoms with Crippen LogP contribution in [0.1, 0.15) is 38.9 Å². The van der Waals surface area contributed by atoms with E-state index in [1.165, 1.54) is 33.4 Å². The molecule has 276 valence electrons. The van der Waals surface area contributed by atoms with Gasteiger partial charge in [-0.2, -0.15) is 21.6 Å². The number of rotatable bonds is 3. The fourth-order valence-corrected chi connectivity index (χ4v) is 8.47. The number of aliphatic hydroxyl groups is 1. The maximum absolute atomic E-state index is 11.6. The zero-order valence-corrected chi connectivity index (χ0v) is 32.7. The van der Waals surface area contributed by atoms with Crippen LogP contribution in [-0.4, -0.2) is 23.6 Å². The number of hydrogen-bond acceptors (Lipinski definition) is 3. The molecule has 0 fully saturated rings. The third-order valence-electron chi connectivity index (χ3n) is 9.88. The second-order valence-electron chi connectivity index (χ2n) is 13.0. The molecule has 0 atom stereocenters. The first-order chi connectivity index (χ1) is 26.3. The van der Waals surface area contributed by atoms with Crippen LogP contribution < -0.4 is 0 Å². The van der Waals surface area contributed by atoms with Crippen LogP contribution in [0.25, 0.3) is 22.3 Å². The molecular formula is C45H31Br2F3O4S. The highest BCUT2D eigenvalue weighted by Gasteiger charge is 2.46. The molecule has 10 heteroatoms. The molecule has 0 spiro atoms. The number of hydrogen-bond donors (Lipinski definition) is 2. The Labute approximate surface area is 334 Å². The Bertz CT molecular complexity index is 2540. The zero-order chi connectivity index (χ0) is 39.0. The van der Waals surface area contributed by atoms with E-state index in [1.54, 1.807) is 0 Å². The van der Waals surface area contributed by atoms with Crippen LogP contribution in [0.2, 0.25) is 0 Å². The van der Waals surface area contributed by atoms with Crippen molar-refractivity contribution in [2.45, 2.75) is 16.5 Å². The van der Waals surface area contributed by atoms with Crippen molar-refractivity contribution in [2.75, 3.05) is 0 Å². The first-order valence-electron chi connectivity index (χ1n) is 17.0. The van der Waals surface area contributed by atoms with Gasteiger partial charge in [0.25, 0.3) is 0 Å². The summed E-state index contributed by atoms with van der Waals surface area (Å²) in [6, 6.07) is 61.3. The predicted octanol–water partition coefficient (Wildman–Crippen LogP) is 11.9. The lowest BCUT2D eigenvalue weighted by molar-refractivity contribution is -0.0510. The molecule has 0 saturated heterocycles. The summed E-state index contributed by atoms with van der Waals surface area (Å²) in [5.74, 6) is 0. The topological polar surface area (TPSA) is 74.6 Å². The van der Waals surface area contributed by atoms with Gasteiger partial charge in [0.15, 0.2) is 0 Å². The third-order valence-corrected chi connectivity index (χ3v) is 11.4. The van der Waals surface area contributed by atoms with Crippen LogP contribution in [0.4, 0.5) is 13.2 Å². The molecule has 0 radical (unpaired) electrons. The Balaban J connectivity index is 0.000000144. The van der Waals surface area contributed by atoms with Crippen molar-refractivity contribution in [3.8, 4) is 22.3 Å². The lowest BCUT2D eigenvalue weighted by Gasteiger charge is -2.34. The van der Waals surface area contributed by atoms with E-state index in [0.29, 0.717) is 0 Å². The second kappa shape index (κ2) is 15.0. The number of halogens is 5. The standard InChI is InChI=1S/C25H17Br.C19H13BrO.CHF3O3S/c26-20-12-8-11-19(17-20)25(18-9-2-1-3-10-18)23-15-6-4-13-21(23)22-14-5-7-16-24(22)25;20-14-7-5-6-13(12-14)19(21)17-10-3-1-8-15(17)16-9-2-4-11-18(16)19;2-1(3,4)8(5,6)7/h1-17H;1-12,21H;(H,5,6,7). The number of benzene rings is 7. The van der Waals surface area contributed by atoms with E-state index in [1.807, 2.05) is 60.7 Å². The van der Waals surface area contributed by atoms with Gasteiger partial charge in [-0.15, -0.1) is 0 Å². The zero-order valence-electron chi connectivity index (χ0n) is 28.8. The lowest BCUT2D eigenvalue weighted by atomic mass is 9.68. The minimum atomic E-state index is -5.84. The summed E-state index contributed by atoms with van der Waals surface area (Å²) >= 11 is 7.19. The van der Waals surface area contributed by atoms with Crippen molar-refractivity contribution < 1.29 is 31.2 Å². The Kier molecular flexibility index (Phi) is 10.5.